The largest absolute Gasteiger partial charge is 0.497 e. The number of amides is 1. The van der Waals surface area contributed by atoms with Crippen molar-refractivity contribution in [3.8, 4) is 17.0 Å². The second kappa shape index (κ2) is 7.43. The summed E-state index contributed by atoms with van der Waals surface area (Å²) in [5.41, 5.74) is 3.92. The van der Waals surface area contributed by atoms with Crippen molar-refractivity contribution in [2.45, 2.75) is 46.1 Å². The van der Waals surface area contributed by atoms with Crippen LogP contribution in [-0.4, -0.2) is 18.0 Å². The van der Waals surface area contributed by atoms with Crippen LogP contribution in [0, 0.1) is 13.8 Å². The zero-order valence-corrected chi connectivity index (χ0v) is 17.4. The number of benzene rings is 1. The molecular formula is C22H24N2O3S. The molecule has 1 amide bonds. The Morgan fingerprint density at radius 2 is 2.04 bits per heavy atom. The van der Waals surface area contributed by atoms with E-state index in [4.69, 9.17) is 9.15 Å². The number of thiazole rings is 1. The predicted octanol–water partition coefficient (Wildman–Crippen LogP) is 5.01. The second-order valence-corrected chi connectivity index (χ2v) is 8.35. The number of aromatic nitrogens is 1. The van der Waals surface area contributed by atoms with E-state index in [2.05, 4.69) is 17.2 Å². The zero-order chi connectivity index (χ0) is 19.8. The highest BCUT2D eigenvalue weighted by molar-refractivity contribution is 7.12. The maximum atomic E-state index is 13.0. The summed E-state index contributed by atoms with van der Waals surface area (Å²) in [5.74, 6) is 1.89. The third kappa shape index (κ3) is 3.22. The third-order valence-corrected chi connectivity index (χ3v) is 6.31. The molecule has 3 aromatic rings. The first-order valence-corrected chi connectivity index (χ1v) is 10.4. The van der Waals surface area contributed by atoms with Crippen molar-refractivity contribution in [2.24, 2.45) is 0 Å². The number of furan rings is 1. The Labute approximate surface area is 168 Å². The standard InChI is InChI=1S/C22H24N2O3S/c1-5-16(14-6-8-15(26-4)9-7-14)24-22(25)21-12(2)19-17(27-21)10-11-18-20(19)23-13(3)28-18/h6-9,16H,5,10-11H2,1-4H3,(H,24,25). The van der Waals surface area contributed by atoms with Gasteiger partial charge in [0.15, 0.2) is 5.76 Å². The lowest BCUT2D eigenvalue weighted by atomic mass is 9.97. The summed E-state index contributed by atoms with van der Waals surface area (Å²) < 4.78 is 11.2. The molecule has 1 N–H and O–H groups in total. The van der Waals surface area contributed by atoms with Crippen molar-refractivity contribution in [1.29, 1.82) is 0 Å². The van der Waals surface area contributed by atoms with Gasteiger partial charge in [0.2, 0.25) is 0 Å². The Morgan fingerprint density at radius 1 is 1.29 bits per heavy atom. The normalized spacial score (nSPS) is 13.6. The maximum absolute atomic E-state index is 13.0. The number of rotatable bonds is 5. The molecule has 1 aromatic carbocycles. The van der Waals surface area contributed by atoms with E-state index in [1.165, 1.54) is 4.88 Å². The number of hydrogen-bond donors (Lipinski definition) is 1. The summed E-state index contributed by atoms with van der Waals surface area (Å²) in [6.07, 6.45) is 2.52. The fraction of sp³-hybridized carbons (Fsp3) is 0.364. The number of carbonyl (C=O) groups excluding carboxylic acids is 1. The molecule has 6 heteroatoms. The van der Waals surface area contributed by atoms with Gasteiger partial charge in [-0.2, -0.15) is 0 Å². The van der Waals surface area contributed by atoms with Gasteiger partial charge in [0.05, 0.1) is 23.9 Å². The summed E-state index contributed by atoms with van der Waals surface area (Å²) in [7, 11) is 1.64. The molecule has 1 aliphatic carbocycles. The molecular weight excluding hydrogens is 372 g/mol. The number of methoxy groups -OCH3 is 1. The molecule has 1 unspecified atom stereocenters. The number of carbonyl (C=O) groups is 1. The highest BCUT2D eigenvalue weighted by atomic mass is 32.1. The molecule has 4 rings (SSSR count). The molecule has 28 heavy (non-hydrogen) atoms. The van der Waals surface area contributed by atoms with Crippen molar-refractivity contribution >= 4 is 17.2 Å². The SMILES string of the molecule is CCC(NC(=O)c1oc2c(c1C)-c1nc(C)sc1CC2)c1ccc(OC)cc1. The summed E-state index contributed by atoms with van der Waals surface area (Å²) in [6.45, 7) is 6.03. The Bertz CT molecular complexity index is 1020. The molecule has 2 heterocycles. The van der Waals surface area contributed by atoms with Gasteiger partial charge >= 0.3 is 0 Å². The fourth-order valence-corrected chi connectivity index (χ4v) is 4.76. The van der Waals surface area contributed by atoms with Crippen LogP contribution in [0.5, 0.6) is 5.75 Å². The van der Waals surface area contributed by atoms with Crippen molar-refractivity contribution < 1.29 is 13.9 Å². The van der Waals surface area contributed by atoms with Gasteiger partial charge < -0.3 is 14.5 Å². The molecule has 1 atom stereocenters. The van der Waals surface area contributed by atoms with Crippen molar-refractivity contribution in [1.82, 2.24) is 10.3 Å². The molecule has 0 spiro atoms. The minimum atomic E-state index is -0.178. The number of nitrogens with zero attached hydrogens (tertiary/aromatic N) is 1. The van der Waals surface area contributed by atoms with Gasteiger partial charge in [0.1, 0.15) is 11.5 Å². The van der Waals surface area contributed by atoms with Crippen molar-refractivity contribution in [3.63, 3.8) is 0 Å². The molecule has 0 saturated heterocycles. The highest BCUT2D eigenvalue weighted by Crippen LogP contribution is 2.41. The van der Waals surface area contributed by atoms with Gasteiger partial charge in [0.25, 0.3) is 5.91 Å². The lowest BCUT2D eigenvalue weighted by Crippen LogP contribution is -2.28. The van der Waals surface area contributed by atoms with Crippen LogP contribution in [0.15, 0.2) is 28.7 Å². The van der Waals surface area contributed by atoms with E-state index in [1.807, 2.05) is 38.1 Å². The average molecular weight is 397 g/mol. The molecule has 0 aliphatic heterocycles. The van der Waals surface area contributed by atoms with Crippen molar-refractivity contribution in [3.05, 3.63) is 56.8 Å². The molecule has 0 saturated carbocycles. The highest BCUT2D eigenvalue weighted by Gasteiger charge is 2.30. The van der Waals surface area contributed by atoms with Gasteiger partial charge in [-0.1, -0.05) is 19.1 Å². The molecule has 5 nitrogen and oxygen atoms in total. The zero-order valence-electron chi connectivity index (χ0n) is 16.6. The van der Waals surface area contributed by atoms with E-state index >= 15 is 0 Å². The minimum Gasteiger partial charge on any atom is -0.497 e. The van der Waals surface area contributed by atoms with Crippen LogP contribution in [-0.2, 0) is 12.8 Å². The van der Waals surface area contributed by atoms with Crippen molar-refractivity contribution in [2.75, 3.05) is 7.11 Å². The van der Waals surface area contributed by atoms with E-state index in [0.29, 0.717) is 5.76 Å². The molecule has 146 valence electrons. The molecule has 0 radical (unpaired) electrons. The van der Waals surface area contributed by atoms with Crippen LogP contribution >= 0.6 is 11.3 Å². The van der Waals surface area contributed by atoms with Crippen LogP contribution in [0.1, 0.15) is 56.7 Å². The number of aryl methyl sites for hydroxylation is 3. The third-order valence-electron chi connectivity index (χ3n) is 5.28. The number of fused-ring (bicyclic) bond motifs is 3. The van der Waals surface area contributed by atoms with Crippen LogP contribution in [0.2, 0.25) is 0 Å². The Balaban J connectivity index is 1.61. The first kappa shape index (κ1) is 18.7. The molecule has 2 aromatic heterocycles. The second-order valence-electron chi connectivity index (χ2n) is 7.07. The van der Waals surface area contributed by atoms with Gasteiger partial charge in [-0.25, -0.2) is 4.98 Å². The van der Waals surface area contributed by atoms with Gasteiger partial charge in [-0.05, 0) is 44.4 Å². The number of ether oxygens (including phenoxy) is 1. The fourth-order valence-electron chi connectivity index (χ4n) is 3.82. The maximum Gasteiger partial charge on any atom is 0.287 e. The summed E-state index contributed by atoms with van der Waals surface area (Å²) in [6, 6.07) is 7.70. The first-order chi connectivity index (χ1) is 13.5. The molecule has 0 bridgehead atoms. The molecule has 0 fully saturated rings. The van der Waals surface area contributed by atoms with E-state index in [0.717, 1.165) is 58.2 Å². The van der Waals surface area contributed by atoms with Crippen LogP contribution in [0.4, 0.5) is 0 Å². The summed E-state index contributed by atoms with van der Waals surface area (Å²) >= 11 is 1.73. The smallest absolute Gasteiger partial charge is 0.287 e. The van der Waals surface area contributed by atoms with E-state index in [-0.39, 0.29) is 11.9 Å². The number of hydrogen-bond acceptors (Lipinski definition) is 5. The van der Waals surface area contributed by atoms with E-state index < -0.39 is 0 Å². The topological polar surface area (TPSA) is 64.4 Å². The summed E-state index contributed by atoms with van der Waals surface area (Å²) in [4.78, 5) is 19.0. The van der Waals surface area contributed by atoms with Crippen LogP contribution in [0.3, 0.4) is 0 Å². The lowest BCUT2D eigenvalue weighted by molar-refractivity contribution is 0.0905. The predicted molar refractivity (Wildman–Crippen MR) is 110 cm³/mol. The lowest BCUT2D eigenvalue weighted by Gasteiger charge is -2.17. The summed E-state index contributed by atoms with van der Waals surface area (Å²) in [5, 5.41) is 4.18. The van der Waals surface area contributed by atoms with Gasteiger partial charge in [-0.3, -0.25) is 4.79 Å². The average Bonchev–Trinajstić information content (AvgIpc) is 3.25. The quantitative estimate of drug-likeness (QED) is 0.658. The van der Waals surface area contributed by atoms with E-state index in [1.54, 1.807) is 18.4 Å². The number of nitrogens with one attached hydrogen (secondary N) is 1. The molecule has 1 aliphatic rings. The van der Waals surface area contributed by atoms with Crippen LogP contribution < -0.4 is 10.1 Å². The monoisotopic (exact) mass is 396 g/mol. The van der Waals surface area contributed by atoms with Gasteiger partial charge in [0, 0.05) is 22.4 Å². The van der Waals surface area contributed by atoms with Gasteiger partial charge in [-0.15, -0.1) is 11.3 Å². The Morgan fingerprint density at radius 3 is 2.71 bits per heavy atom. The van der Waals surface area contributed by atoms with Crippen LogP contribution in [0.25, 0.3) is 11.3 Å². The Kier molecular flexibility index (Phi) is 4.98. The Hall–Kier alpha value is -2.60. The minimum absolute atomic E-state index is 0.0861. The van der Waals surface area contributed by atoms with E-state index in [9.17, 15) is 4.79 Å². The first-order valence-electron chi connectivity index (χ1n) is 9.55.